The SMILES string of the molecule is CC1SCCN(C(=O)CC2CNc3ccccc32)C1C. The highest BCUT2D eigenvalue weighted by Crippen LogP contribution is 2.34. The van der Waals surface area contributed by atoms with E-state index >= 15 is 0 Å². The van der Waals surface area contributed by atoms with Gasteiger partial charge in [-0.15, -0.1) is 0 Å². The molecule has 20 heavy (non-hydrogen) atoms. The first-order chi connectivity index (χ1) is 9.66. The molecule has 1 saturated heterocycles. The van der Waals surface area contributed by atoms with Gasteiger partial charge in [-0.1, -0.05) is 25.1 Å². The van der Waals surface area contributed by atoms with Crippen LogP contribution in [-0.4, -0.2) is 40.9 Å². The van der Waals surface area contributed by atoms with Crippen molar-refractivity contribution in [2.24, 2.45) is 0 Å². The predicted molar refractivity (Wildman–Crippen MR) is 85.4 cm³/mol. The lowest BCUT2D eigenvalue weighted by atomic mass is 9.97. The van der Waals surface area contributed by atoms with Crippen LogP contribution in [0.5, 0.6) is 0 Å². The minimum atomic E-state index is 0.313. The molecule has 2 aliphatic rings. The van der Waals surface area contributed by atoms with Crippen molar-refractivity contribution < 1.29 is 4.79 Å². The lowest BCUT2D eigenvalue weighted by molar-refractivity contribution is -0.133. The van der Waals surface area contributed by atoms with Crippen LogP contribution in [0, 0.1) is 0 Å². The summed E-state index contributed by atoms with van der Waals surface area (Å²) in [5.41, 5.74) is 2.49. The Kier molecular flexibility index (Phi) is 3.92. The lowest BCUT2D eigenvalue weighted by Crippen LogP contribution is -2.48. The molecule has 0 aromatic heterocycles. The molecular weight excluding hydrogens is 268 g/mol. The van der Waals surface area contributed by atoms with Crippen LogP contribution >= 0.6 is 11.8 Å². The van der Waals surface area contributed by atoms with Crippen LogP contribution in [0.4, 0.5) is 5.69 Å². The van der Waals surface area contributed by atoms with Crippen molar-refractivity contribution in [1.82, 2.24) is 4.90 Å². The van der Waals surface area contributed by atoms with Gasteiger partial charge >= 0.3 is 0 Å². The summed E-state index contributed by atoms with van der Waals surface area (Å²) in [5, 5.41) is 3.95. The largest absolute Gasteiger partial charge is 0.384 e. The van der Waals surface area contributed by atoms with E-state index in [1.165, 1.54) is 11.3 Å². The van der Waals surface area contributed by atoms with Crippen molar-refractivity contribution in [3.8, 4) is 0 Å². The molecule has 3 atom stereocenters. The molecular formula is C16H22N2OS. The van der Waals surface area contributed by atoms with Gasteiger partial charge in [0.2, 0.25) is 5.91 Å². The van der Waals surface area contributed by atoms with E-state index in [1.807, 2.05) is 17.8 Å². The van der Waals surface area contributed by atoms with E-state index in [0.717, 1.165) is 18.8 Å². The molecule has 4 heteroatoms. The van der Waals surface area contributed by atoms with Crippen molar-refractivity contribution in [2.75, 3.05) is 24.2 Å². The third kappa shape index (κ3) is 2.53. The predicted octanol–water partition coefficient (Wildman–Crippen LogP) is 2.94. The highest BCUT2D eigenvalue weighted by atomic mass is 32.2. The number of para-hydroxylation sites is 1. The fourth-order valence-electron chi connectivity index (χ4n) is 3.15. The Morgan fingerprint density at radius 3 is 3.05 bits per heavy atom. The van der Waals surface area contributed by atoms with Crippen LogP contribution < -0.4 is 5.32 Å². The summed E-state index contributed by atoms with van der Waals surface area (Å²) in [6.07, 6.45) is 0.631. The van der Waals surface area contributed by atoms with E-state index in [2.05, 4.69) is 42.3 Å². The summed E-state index contributed by atoms with van der Waals surface area (Å²) >= 11 is 1.97. The number of rotatable bonds is 2. The number of anilines is 1. The average molecular weight is 290 g/mol. The summed E-state index contributed by atoms with van der Waals surface area (Å²) < 4.78 is 0. The maximum atomic E-state index is 12.6. The zero-order chi connectivity index (χ0) is 14.1. The number of nitrogens with one attached hydrogen (secondary N) is 1. The molecule has 0 radical (unpaired) electrons. The van der Waals surface area contributed by atoms with E-state index in [0.29, 0.717) is 29.5 Å². The van der Waals surface area contributed by atoms with Gasteiger partial charge in [0.25, 0.3) is 0 Å². The maximum Gasteiger partial charge on any atom is 0.223 e. The molecule has 1 amide bonds. The second-order valence-electron chi connectivity index (χ2n) is 5.77. The number of benzene rings is 1. The quantitative estimate of drug-likeness (QED) is 0.909. The molecule has 0 aliphatic carbocycles. The van der Waals surface area contributed by atoms with Crippen molar-refractivity contribution in [3.63, 3.8) is 0 Å². The number of hydrogen-bond donors (Lipinski definition) is 1. The van der Waals surface area contributed by atoms with Crippen LogP contribution in [0.3, 0.4) is 0 Å². The molecule has 2 aliphatic heterocycles. The summed E-state index contributed by atoms with van der Waals surface area (Å²) in [7, 11) is 0. The molecule has 2 heterocycles. The van der Waals surface area contributed by atoms with Gasteiger partial charge in [0.05, 0.1) is 0 Å². The van der Waals surface area contributed by atoms with E-state index in [1.54, 1.807) is 0 Å². The third-order valence-electron chi connectivity index (χ3n) is 4.56. The molecule has 3 unspecified atom stereocenters. The summed E-state index contributed by atoms with van der Waals surface area (Å²) in [5.74, 6) is 1.71. The smallest absolute Gasteiger partial charge is 0.223 e. The number of carbonyl (C=O) groups is 1. The van der Waals surface area contributed by atoms with Gasteiger partial charge in [-0.25, -0.2) is 0 Å². The number of thioether (sulfide) groups is 1. The molecule has 108 valence electrons. The van der Waals surface area contributed by atoms with E-state index in [4.69, 9.17) is 0 Å². The second-order valence-corrected chi connectivity index (χ2v) is 7.26. The topological polar surface area (TPSA) is 32.3 Å². The Balaban J connectivity index is 1.68. The number of amides is 1. The Bertz CT molecular complexity index is 505. The van der Waals surface area contributed by atoms with E-state index < -0.39 is 0 Å². The van der Waals surface area contributed by atoms with Crippen molar-refractivity contribution >= 4 is 23.4 Å². The Morgan fingerprint density at radius 1 is 1.40 bits per heavy atom. The molecule has 0 saturated carbocycles. The van der Waals surface area contributed by atoms with Crippen LogP contribution in [0.15, 0.2) is 24.3 Å². The van der Waals surface area contributed by atoms with E-state index in [-0.39, 0.29) is 0 Å². The monoisotopic (exact) mass is 290 g/mol. The minimum absolute atomic E-state index is 0.313. The van der Waals surface area contributed by atoms with Crippen LogP contribution in [0.2, 0.25) is 0 Å². The Labute approximate surface area is 125 Å². The first-order valence-corrected chi connectivity index (χ1v) is 8.45. The van der Waals surface area contributed by atoms with Crippen molar-refractivity contribution in [1.29, 1.82) is 0 Å². The summed E-state index contributed by atoms with van der Waals surface area (Å²) in [4.78, 5) is 14.7. The molecule has 3 rings (SSSR count). The summed E-state index contributed by atoms with van der Waals surface area (Å²) in [6, 6.07) is 8.70. The maximum absolute atomic E-state index is 12.6. The molecule has 1 N–H and O–H groups in total. The second kappa shape index (κ2) is 5.68. The highest BCUT2D eigenvalue weighted by Gasteiger charge is 2.31. The standard InChI is InChI=1S/C16H22N2OS/c1-11-12(2)20-8-7-18(11)16(19)9-13-10-17-15-6-4-3-5-14(13)15/h3-6,11-13,17H,7-10H2,1-2H3. The van der Waals surface area contributed by atoms with Gasteiger partial charge < -0.3 is 10.2 Å². The Hall–Kier alpha value is -1.16. The Morgan fingerprint density at radius 2 is 2.20 bits per heavy atom. The zero-order valence-electron chi connectivity index (χ0n) is 12.1. The normalized spacial score (nSPS) is 28.9. The molecule has 3 nitrogen and oxygen atoms in total. The van der Waals surface area contributed by atoms with E-state index in [9.17, 15) is 4.79 Å². The number of hydrogen-bond acceptors (Lipinski definition) is 3. The number of carbonyl (C=O) groups excluding carboxylic acids is 1. The van der Waals surface area contributed by atoms with Crippen LogP contribution in [0.25, 0.3) is 0 Å². The lowest BCUT2D eigenvalue weighted by Gasteiger charge is -2.38. The van der Waals surface area contributed by atoms with Gasteiger partial charge in [-0.3, -0.25) is 4.79 Å². The fourth-order valence-corrected chi connectivity index (χ4v) is 4.25. The van der Waals surface area contributed by atoms with Crippen molar-refractivity contribution in [3.05, 3.63) is 29.8 Å². The highest BCUT2D eigenvalue weighted by molar-refractivity contribution is 8.00. The average Bonchev–Trinajstić information content (AvgIpc) is 2.85. The molecule has 1 aromatic carbocycles. The molecule has 1 fully saturated rings. The minimum Gasteiger partial charge on any atom is -0.384 e. The molecule has 0 bridgehead atoms. The fraction of sp³-hybridized carbons (Fsp3) is 0.562. The van der Waals surface area contributed by atoms with Gasteiger partial charge in [0.1, 0.15) is 0 Å². The molecule has 1 aromatic rings. The van der Waals surface area contributed by atoms with Gasteiger partial charge in [-0.05, 0) is 18.6 Å². The van der Waals surface area contributed by atoms with Crippen LogP contribution in [-0.2, 0) is 4.79 Å². The summed E-state index contributed by atoms with van der Waals surface area (Å²) in [6.45, 7) is 6.19. The first-order valence-electron chi connectivity index (χ1n) is 7.40. The molecule has 0 spiro atoms. The number of fused-ring (bicyclic) bond motifs is 1. The van der Waals surface area contributed by atoms with Gasteiger partial charge in [0.15, 0.2) is 0 Å². The third-order valence-corrected chi connectivity index (χ3v) is 5.90. The van der Waals surface area contributed by atoms with Crippen LogP contribution in [0.1, 0.15) is 31.7 Å². The van der Waals surface area contributed by atoms with Gasteiger partial charge in [0, 0.05) is 48.2 Å². The first kappa shape index (κ1) is 13.8. The van der Waals surface area contributed by atoms with Gasteiger partial charge in [-0.2, -0.15) is 11.8 Å². The zero-order valence-corrected chi connectivity index (χ0v) is 13.0. The number of nitrogens with zero attached hydrogens (tertiary/aromatic N) is 1. The van der Waals surface area contributed by atoms with Crippen molar-refractivity contribution in [2.45, 2.75) is 37.5 Å².